The summed E-state index contributed by atoms with van der Waals surface area (Å²) in [6.45, 7) is -0.216. The van der Waals surface area contributed by atoms with E-state index in [4.69, 9.17) is 4.74 Å². The molecule has 10 heteroatoms. The lowest BCUT2D eigenvalue weighted by atomic mass is 10.2. The fourth-order valence-electron chi connectivity index (χ4n) is 1.88. The van der Waals surface area contributed by atoms with Crippen molar-refractivity contribution in [3.05, 3.63) is 54.1 Å². The van der Waals surface area contributed by atoms with E-state index in [0.29, 0.717) is 5.75 Å². The summed E-state index contributed by atoms with van der Waals surface area (Å²) in [6, 6.07) is 8.87. The molecule has 0 aliphatic heterocycles. The number of hydrogen-bond acceptors (Lipinski definition) is 4. The van der Waals surface area contributed by atoms with Gasteiger partial charge in [-0.25, -0.2) is 8.42 Å². The first-order valence-corrected chi connectivity index (χ1v) is 8.73. The number of ether oxygens (including phenoxy) is 1. The lowest BCUT2D eigenvalue weighted by molar-refractivity contribution is -0.137. The zero-order chi connectivity index (χ0) is 19.4. The molecule has 2 aromatic rings. The molecule has 0 spiro atoms. The molecule has 0 fully saturated rings. The number of nitrogens with one attached hydrogen (secondary N) is 2. The van der Waals surface area contributed by atoms with Crippen LogP contribution in [0.15, 0.2) is 53.4 Å². The summed E-state index contributed by atoms with van der Waals surface area (Å²) >= 11 is 0. The van der Waals surface area contributed by atoms with Crippen LogP contribution in [0.1, 0.15) is 5.56 Å². The van der Waals surface area contributed by atoms with Crippen LogP contribution in [0, 0.1) is 0 Å². The predicted molar refractivity (Wildman–Crippen MR) is 88.3 cm³/mol. The summed E-state index contributed by atoms with van der Waals surface area (Å²) in [7, 11) is -2.53. The van der Waals surface area contributed by atoms with Crippen molar-refractivity contribution < 1.29 is 31.1 Å². The molecule has 2 aromatic carbocycles. The summed E-state index contributed by atoms with van der Waals surface area (Å²) < 4.78 is 69.4. The number of likely N-dealkylation sites (N-methyl/N-ethyl adjacent to an activating group) is 1. The second-order valence-electron chi connectivity index (χ2n) is 5.11. The Morgan fingerprint density at radius 1 is 1.04 bits per heavy atom. The molecule has 0 heterocycles. The lowest BCUT2D eigenvalue weighted by Gasteiger charge is -2.11. The highest BCUT2D eigenvalue weighted by Gasteiger charge is 2.30. The van der Waals surface area contributed by atoms with Crippen molar-refractivity contribution in [1.82, 2.24) is 5.32 Å². The maximum atomic E-state index is 12.5. The number of hydrogen-bond donors (Lipinski definition) is 2. The third-order valence-corrected chi connectivity index (χ3v) is 4.64. The van der Waals surface area contributed by atoms with Gasteiger partial charge in [0, 0.05) is 12.7 Å². The van der Waals surface area contributed by atoms with Crippen molar-refractivity contribution in [1.29, 1.82) is 0 Å². The molecular formula is C16H15F3N2O4S. The molecule has 2 N–H and O–H groups in total. The first-order chi connectivity index (χ1) is 12.1. The fraction of sp³-hybridized carbons (Fsp3) is 0.188. The number of rotatable bonds is 6. The Morgan fingerprint density at radius 2 is 1.62 bits per heavy atom. The first-order valence-electron chi connectivity index (χ1n) is 7.25. The average molecular weight is 388 g/mol. The van der Waals surface area contributed by atoms with Crippen LogP contribution in [-0.4, -0.2) is 28.0 Å². The van der Waals surface area contributed by atoms with E-state index in [1.165, 1.54) is 31.3 Å². The normalized spacial score (nSPS) is 11.7. The summed E-state index contributed by atoms with van der Waals surface area (Å²) in [5.41, 5.74) is -0.879. The molecule has 1 amide bonds. The minimum atomic E-state index is -4.50. The lowest BCUT2D eigenvalue weighted by Crippen LogP contribution is -2.24. The van der Waals surface area contributed by atoms with Gasteiger partial charge in [0.15, 0.2) is 6.61 Å². The maximum Gasteiger partial charge on any atom is 0.416 e. The monoisotopic (exact) mass is 388 g/mol. The van der Waals surface area contributed by atoms with E-state index in [1.807, 2.05) is 0 Å². The molecule has 2 rings (SSSR count). The highest BCUT2D eigenvalue weighted by Crippen LogP contribution is 2.30. The number of amides is 1. The summed E-state index contributed by atoms with van der Waals surface area (Å²) in [4.78, 5) is 11.0. The van der Waals surface area contributed by atoms with Gasteiger partial charge < -0.3 is 10.1 Å². The number of alkyl halides is 3. The number of carbonyl (C=O) groups is 1. The van der Waals surface area contributed by atoms with Crippen molar-refractivity contribution in [3.8, 4) is 5.75 Å². The van der Waals surface area contributed by atoms with E-state index < -0.39 is 21.8 Å². The number of carbonyl (C=O) groups excluding carboxylic acids is 1. The quantitative estimate of drug-likeness (QED) is 0.797. The van der Waals surface area contributed by atoms with Gasteiger partial charge >= 0.3 is 6.18 Å². The zero-order valence-corrected chi connectivity index (χ0v) is 14.3. The van der Waals surface area contributed by atoms with Crippen LogP contribution in [-0.2, 0) is 21.0 Å². The zero-order valence-electron chi connectivity index (χ0n) is 13.5. The van der Waals surface area contributed by atoms with Crippen LogP contribution in [0.4, 0.5) is 18.9 Å². The molecule has 140 valence electrons. The van der Waals surface area contributed by atoms with Gasteiger partial charge in [-0.15, -0.1) is 0 Å². The minimum absolute atomic E-state index is 0.00190. The molecule has 0 radical (unpaired) electrons. The topological polar surface area (TPSA) is 84.5 Å². The number of sulfonamides is 1. The fourth-order valence-corrected chi connectivity index (χ4v) is 2.94. The van der Waals surface area contributed by atoms with Crippen molar-refractivity contribution in [2.24, 2.45) is 0 Å². The van der Waals surface area contributed by atoms with E-state index in [9.17, 15) is 26.4 Å². The SMILES string of the molecule is CNC(=O)COc1ccc(S(=O)(=O)Nc2ccc(C(F)(F)F)cc2)cc1. The Kier molecular flexibility index (Phi) is 5.76. The predicted octanol–water partition coefficient (Wildman–Crippen LogP) is 2.63. The van der Waals surface area contributed by atoms with Crippen LogP contribution >= 0.6 is 0 Å². The van der Waals surface area contributed by atoms with Crippen molar-refractivity contribution in [2.75, 3.05) is 18.4 Å². The van der Waals surface area contributed by atoms with Gasteiger partial charge in [-0.3, -0.25) is 9.52 Å². The Bertz CT molecular complexity index is 864. The van der Waals surface area contributed by atoms with Crippen LogP contribution in [0.2, 0.25) is 0 Å². The van der Waals surface area contributed by atoms with E-state index in [1.54, 1.807) is 0 Å². The average Bonchev–Trinajstić information content (AvgIpc) is 2.59. The van der Waals surface area contributed by atoms with Gasteiger partial charge in [-0.2, -0.15) is 13.2 Å². The Labute approximate surface area is 148 Å². The van der Waals surface area contributed by atoms with Crippen LogP contribution in [0.5, 0.6) is 5.75 Å². The highest BCUT2D eigenvalue weighted by atomic mass is 32.2. The molecule has 0 aliphatic carbocycles. The molecule has 26 heavy (non-hydrogen) atoms. The van der Waals surface area contributed by atoms with Crippen LogP contribution in [0.3, 0.4) is 0 Å². The summed E-state index contributed by atoms with van der Waals surface area (Å²) in [6.07, 6.45) is -4.50. The molecule has 0 bridgehead atoms. The summed E-state index contributed by atoms with van der Waals surface area (Å²) in [5, 5.41) is 2.37. The smallest absolute Gasteiger partial charge is 0.416 e. The molecule has 0 saturated heterocycles. The van der Waals surface area contributed by atoms with Gasteiger partial charge in [-0.05, 0) is 48.5 Å². The van der Waals surface area contributed by atoms with Gasteiger partial charge in [-0.1, -0.05) is 0 Å². The van der Waals surface area contributed by atoms with E-state index in [-0.39, 0.29) is 23.1 Å². The second-order valence-corrected chi connectivity index (χ2v) is 6.80. The highest BCUT2D eigenvalue weighted by molar-refractivity contribution is 7.92. The molecule has 0 unspecified atom stereocenters. The first kappa shape index (κ1) is 19.6. The molecule has 0 aromatic heterocycles. The standard InChI is InChI=1S/C16H15F3N2O4S/c1-20-15(22)10-25-13-6-8-14(9-7-13)26(23,24)21-12-4-2-11(3-5-12)16(17,18)19/h2-9,21H,10H2,1H3,(H,20,22). The molecule has 0 atom stereocenters. The van der Waals surface area contributed by atoms with Gasteiger partial charge in [0.2, 0.25) is 0 Å². The van der Waals surface area contributed by atoms with Crippen LogP contribution in [0.25, 0.3) is 0 Å². The Morgan fingerprint density at radius 3 is 2.12 bits per heavy atom. The Hall–Kier alpha value is -2.75. The maximum absolute atomic E-state index is 12.5. The summed E-state index contributed by atoms with van der Waals surface area (Å²) in [5.74, 6) is -0.0484. The van der Waals surface area contributed by atoms with E-state index in [0.717, 1.165) is 24.3 Å². The second kappa shape index (κ2) is 7.65. The van der Waals surface area contributed by atoms with Gasteiger partial charge in [0.25, 0.3) is 15.9 Å². The third kappa shape index (κ3) is 5.12. The number of anilines is 1. The molecular weight excluding hydrogens is 373 g/mol. The van der Waals surface area contributed by atoms with Crippen molar-refractivity contribution in [2.45, 2.75) is 11.1 Å². The van der Waals surface area contributed by atoms with Gasteiger partial charge in [0.1, 0.15) is 5.75 Å². The third-order valence-electron chi connectivity index (χ3n) is 3.25. The van der Waals surface area contributed by atoms with E-state index >= 15 is 0 Å². The van der Waals surface area contributed by atoms with E-state index in [2.05, 4.69) is 10.0 Å². The van der Waals surface area contributed by atoms with Crippen molar-refractivity contribution >= 4 is 21.6 Å². The molecule has 0 aliphatic rings. The largest absolute Gasteiger partial charge is 0.484 e. The number of halogens is 3. The van der Waals surface area contributed by atoms with Crippen LogP contribution < -0.4 is 14.8 Å². The van der Waals surface area contributed by atoms with Gasteiger partial charge in [0.05, 0.1) is 10.5 Å². The molecule has 0 saturated carbocycles. The molecule has 6 nitrogen and oxygen atoms in total. The van der Waals surface area contributed by atoms with Crippen molar-refractivity contribution in [3.63, 3.8) is 0 Å². The number of benzene rings is 2. The Balaban J connectivity index is 2.08. The minimum Gasteiger partial charge on any atom is -0.484 e.